The molecule has 126 valence electrons. The van der Waals surface area contributed by atoms with Crippen LogP contribution in [0.3, 0.4) is 0 Å². The van der Waals surface area contributed by atoms with Gasteiger partial charge in [0.25, 0.3) is 0 Å². The summed E-state index contributed by atoms with van der Waals surface area (Å²) in [7, 11) is -4.28. The van der Waals surface area contributed by atoms with Crippen LogP contribution in [0.15, 0.2) is 46.7 Å². The summed E-state index contributed by atoms with van der Waals surface area (Å²) >= 11 is 1.23. The zero-order valence-electron chi connectivity index (χ0n) is 11.4. The fourth-order valence-electron chi connectivity index (χ4n) is 1.73. The smallest absolute Gasteiger partial charge is 0.404 e. The maximum atomic E-state index is 12.3. The van der Waals surface area contributed by atoms with Crippen molar-refractivity contribution in [2.75, 3.05) is 6.54 Å². The Hall–Kier alpha value is -1.62. The topological polar surface area (TPSA) is 75.6 Å². The Morgan fingerprint density at radius 2 is 1.91 bits per heavy atom. The Morgan fingerprint density at radius 3 is 2.52 bits per heavy atom. The molecule has 2 aromatic rings. The number of alkyl halides is 3. The minimum absolute atomic E-state index is 0.372. The molecule has 0 saturated heterocycles. The third-order valence-corrected chi connectivity index (χ3v) is 5.14. The van der Waals surface area contributed by atoms with Gasteiger partial charge in [-0.05, 0) is 23.6 Å². The Kier molecular flexibility index (Phi) is 5.30. The van der Waals surface area contributed by atoms with Crippen LogP contribution in [0, 0.1) is 0 Å². The van der Waals surface area contributed by atoms with E-state index in [9.17, 15) is 26.7 Å². The quantitative estimate of drug-likeness (QED) is 0.823. The van der Waals surface area contributed by atoms with Crippen LogP contribution in [0.1, 0.15) is 11.0 Å². The molecular weight excluding hydrogens is 355 g/mol. The monoisotopic (exact) mass is 367 g/mol. The summed E-state index contributed by atoms with van der Waals surface area (Å²) < 4.78 is 67.1. The average molecular weight is 367 g/mol. The van der Waals surface area contributed by atoms with Crippen molar-refractivity contribution < 1.29 is 31.4 Å². The van der Waals surface area contributed by atoms with Gasteiger partial charge in [0, 0.05) is 11.4 Å². The molecule has 0 bridgehead atoms. The average Bonchev–Trinajstić information content (AvgIpc) is 2.98. The number of halogens is 3. The van der Waals surface area contributed by atoms with Crippen LogP contribution in [0.25, 0.3) is 0 Å². The van der Waals surface area contributed by atoms with Crippen molar-refractivity contribution in [2.45, 2.75) is 17.4 Å². The molecule has 0 aliphatic carbocycles. The lowest BCUT2D eigenvalue weighted by atomic mass is 10.3. The van der Waals surface area contributed by atoms with Gasteiger partial charge in [-0.3, -0.25) is 0 Å². The molecule has 0 radical (unpaired) electrons. The van der Waals surface area contributed by atoms with E-state index >= 15 is 0 Å². The van der Waals surface area contributed by atoms with Crippen molar-refractivity contribution in [3.63, 3.8) is 0 Å². The Morgan fingerprint density at radius 1 is 1.22 bits per heavy atom. The van der Waals surface area contributed by atoms with Crippen LogP contribution < -0.4 is 9.46 Å². The van der Waals surface area contributed by atoms with Crippen LogP contribution in [0.4, 0.5) is 13.2 Å². The van der Waals surface area contributed by atoms with Crippen LogP contribution >= 0.6 is 11.3 Å². The van der Waals surface area contributed by atoms with Gasteiger partial charge in [-0.25, -0.2) is 13.1 Å². The normalized spacial score (nSPS) is 13.7. The van der Waals surface area contributed by atoms with Gasteiger partial charge in [0.15, 0.2) is 0 Å². The summed E-state index contributed by atoms with van der Waals surface area (Å²) in [5, 5.41) is 11.6. The van der Waals surface area contributed by atoms with E-state index in [2.05, 4.69) is 9.46 Å². The van der Waals surface area contributed by atoms with E-state index in [1.807, 2.05) is 0 Å². The maximum Gasteiger partial charge on any atom is 0.573 e. The summed E-state index contributed by atoms with van der Waals surface area (Å²) in [6.07, 6.45) is -6.11. The van der Waals surface area contributed by atoms with E-state index in [1.165, 1.54) is 23.5 Å². The number of aliphatic hydroxyl groups excluding tert-OH is 1. The molecule has 2 N–H and O–H groups in total. The zero-order chi connectivity index (χ0) is 17.1. The van der Waals surface area contributed by atoms with Crippen molar-refractivity contribution in [3.05, 3.63) is 46.7 Å². The Balaban J connectivity index is 2.16. The maximum absolute atomic E-state index is 12.3. The molecule has 0 fully saturated rings. The van der Waals surface area contributed by atoms with Gasteiger partial charge in [0.2, 0.25) is 10.0 Å². The van der Waals surface area contributed by atoms with Crippen molar-refractivity contribution in [2.24, 2.45) is 0 Å². The second kappa shape index (κ2) is 6.87. The van der Waals surface area contributed by atoms with Gasteiger partial charge in [-0.1, -0.05) is 18.2 Å². The number of hydrogen-bond acceptors (Lipinski definition) is 5. The van der Waals surface area contributed by atoms with Gasteiger partial charge in [-0.15, -0.1) is 24.5 Å². The molecular formula is C13H12F3NO4S2. The molecule has 0 unspecified atom stereocenters. The molecule has 23 heavy (non-hydrogen) atoms. The second-order valence-electron chi connectivity index (χ2n) is 4.38. The molecule has 5 nitrogen and oxygen atoms in total. The number of rotatable bonds is 6. The molecule has 1 heterocycles. The number of benzene rings is 1. The first-order chi connectivity index (χ1) is 10.7. The molecule has 0 saturated carbocycles. The molecule has 0 aliphatic heterocycles. The van der Waals surface area contributed by atoms with E-state index in [1.54, 1.807) is 17.5 Å². The minimum atomic E-state index is -5.01. The zero-order valence-corrected chi connectivity index (χ0v) is 13.1. The summed E-state index contributed by atoms with van der Waals surface area (Å²) in [5.74, 6) is -0.835. The van der Waals surface area contributed by atoms with E-state index in [0.29, 0.717) is 4.88 Å². The largest absolute Gasteiger partial charge is 0.573 e. The molecule has 2 rings (SSSR count). The fraction of sp³-hybridized carbons (Fsp3) is 0.231. The molecule has 0 spiro atoms. The molecule has 1 atom stereocenters. The number of nitrogens with one attached hydrogen (secondary N) is 1. The molecule has 1 aromatic heterocycles. The van der Waals surface area contributed by atoms with E-state index < -0.39 is 33.1 Å². The highest BCUT2D eigenvalue weighted by molar-refractivity contribution is 7.89. The van der Waals surface area contributed by atoms with Gasteiger partial charge in [0.05, 0.1) is 0 Å². The van der Waals surface area contributed by atoms with E-state index in [0.717, 1.165) is 12.1 Å². The molecule has 0 amide bonds. The van der Waals surface area contributed by atoms with Crippen molar-refractivity contribution >= 4 is 21.4 Å². The van der Waals surface area contributed by atoms with Crippen LogP contribution in [-0.4, -0.2) is 26.4 Å². The minimum Gasteiger partial charge on any atom is -0.404 e. The fourth-order valence-corrected chi connectivity index (χ4v) is 3.61. The van der Waals surface area contributed by atoms with Crippen LogP contribution in [-0.2, 0) is 10.0 Å². The predicted octanol–water partition coefficient (Wildman–Crippen LogP) is 2.66. The highest BCUT2D eigenvalue weighted by atomic mass is 32.2. The predicted molar refractivity (Wildman–Crippen MR) is 77.6 cm³/mol. The number of aliphatic hydroxyl groups is 1. The van der Waals surface area contributed by atoms with Crippen molar-refractivity contribution in [1.82, 2.24) is 4.72 Å². The number of para-hydroxylation sites is 1. The second-order valence-corrected chi connectivity index (χ2v) is 7.09. The van der Waals surface area contributed by atoms with Gasteiger partial charge < -0.3 is 9.84 Å². The SMILES string of the molecule is O=S(=O)(NC[C@@H](O)c1cccs1)c1ccccc1OC(F)(F)F. The van der Waals surface area contributed by atoms with Crippen LogP contribution in [0.5, 0.6) is 5.75 Å². The van der Waals surface area contributed by atoms with Crippen LogP contribution in [0.2, 0.25) is 0 Å². The third kappa shape index (κ3) is 4.93. The van der Waals surface area contributed by atoms with Gasteiger partial charge >= 0.3 is 6.36 Å². The van der Waals surface area contributed by atoms with E-state index in [4.69, 9.17) is 0 Å². The highest BCUT2D eigenvalue weighted by Gasteiger charge is 2.34. The lowest BCUT2D eigenvalue weighted by molar-refractivity contribution is -0.275. The number of sulfonamides is 1. The number of hydrogen-bond donors (Lipinski definition) is 2. The summed E-state index contributed by atoms with van der Waals surface area (Å²) in [4.78, 5) is -0.122. The first kappa shape index (κ1) is 17.7. The Labute approximate surface area is 134 Å². The first-order valence-electron chi connectivity index (χ1n) is 6.25. The summed E-state index contributed by atoms with van der Waals surface area (Å²) in [6, 6.07) is 7.68. The lowest BCUT2D eigenvalue weighted by Crippen LogP contribution is -2.29. The van der Waals surface area contributed by atoms with Gasteiger partial charge in [0.1, 0.15) is 16.7 Å². The van der Waals surface area contributed by atoms with Gasteiger partial charge in [-0.2, -0.15) is 0 Å². The summed E-state index contributed by atoms with van der Waals surface area (Å²) in [5.41, 5.74) is 0. The molecule has 1 aromatic carbocycles. The summed E-state index contributed by atoms with van der Waals surface area (Å²) in [6.45, 7) is -0.372. The molecule has 0 aliphatic rings. The number of thiophene rings is 1. The van der Waals surface area contributed by atoms with Crippen molar-refractivity contribution in [1.29, 1.82) is 0 Å². The third-order valence-electron chi connectivity index (χ3n) is 2.70. The Bertz CT molecular complexity index is 745. The van der Waals surface area contributed by atoms with Crippen molar-refractivity contribution in [3.8, 4) is 5.75 Å². The number of ether oxygens (including phenoxy) is 1. The lowest BCUT2D eigenvalue weighted by Gasteiger charge is -2.15. The first-order valence-corrected chi connectivity index (χ1v) is 8.61. The van der Waals surface area contributed by atoms with E-state index in [-0.39, 0.29) is 6.54 Å². The highest BCUT2D eigenvalue weighted by Crippen LogP contribution is 2.29. The molecule has 10 heteroatoms. The standard InChI is InChI=1S/C13H12F3NO4S2/c14-13(15,16)21-10-4-1-2-6-12(10)23(19,20)17-8-9(18)11-5-3-7-22-11/h1-7,9,17-18H,8H2/t9-/m1/s1.